The molecule has 3 aromatic rings. The zero-order valence-corrected chi connectivity index (χ0v) is 12.0. The van der Waals surface area contributed by atoms with Crippen LogP contribution in [0.1, 0.15) is 22.5 Å². The highest BCUT2D eigenvalue weighted by Crippen LogP contribution is 2.28. The van der Waals surface area contributed by atoms with Crippen LogP contribution in [0.5, 0.6) is 5.75 Å². The average Bonchev–Trinajstić information content (AvgIpc) is 2.90. The summed E-state index contributed by atoms with van der Waals surface area (Å²) in [6, 6.07) is 13.5. The van der Waals surface area contributed by atoms with Crippen LogP contribution in [0.25, 0.3) is 11.5 Å². The quantitative estimate of drug-likeness (QED) is 0.795. The molecule has 3 rings (SSSR count). The van der Waals surface area contributed by atoms with E-state index in [0.29, 0.717) is 23.7 Å². The van der Waals surface area contributed by atoms with Crippen molar-refractivity contribution in [2.75, 3.05) is 0 Å². The van der Waals surface area contributed by atoms with Gasteiger partial charge in [0.2, 0.25) is 0 Å². The highest BCUT2D eigenvalue weighted by atomic mass is 16.5. The molecule has 0 saturated carbocycles. The van der Waals surface area contributed by atoms with Crippen LogP contribution >= 0.6 is 0 Å². The van der Waals surface area contributed by atoms with Gasteiger partial charge in [-0.1, -0.05) is 46.6 Å². The summed E-state index contributed by atoms with van der Waals surface area (Å²) in [4.78, 5) is 4.37. The molecular weight excluding hydrogens is 264 g/mol. The second-order valence-corrected chi connectivity index (χ2v) is 5.20. The molecule has 4 nitrogen and oxygen atoms in total. The molecule has 2 aromatic carbocycles. The van der Waals surface area contributed by atoms with E-state index in [0.717, 1.165) is 11.1 Å². The highest BCUT2D eigenvalue weighted by Gasteiger charge is 2.13. The smallest absolute Gasteiger partial charge is 0.261 e. The van der Waals surface area contributed by atoms with Gasteiger partial charge in [-0.25, -0.2) is 0 Å². The first kappa shape index (κ1) is 13.4. The maximum atomic E-state index is 9.90. The van der Waals surface area contributed by atoms with Gasteiger partial charge in [0.25, 0.3) is 5.89 Å². The van der Waals surface area contributed by atoms with E-state index in [2.05, 4.69) is 29.2 Å². The van der Waals surface area contributed by atoms with Crippen molar-refractivity contribution in [3.8, 4) is 17.2 Å². The van der Waals surface area contributed by atoms with Crippen molar-refractivity contribution in [1.29, 1.82) is 0 Å². The van der Waals surface area contributed by atoms with E-state index in [1.807, 2.05) is 31.2 Å². The van der Waals surface area contributed by atoms with Crippen LogP contribution in [0.4, 0.5) is 0 Å². The fourth-order valence-corrected chi connectivity index (χ4v) is 2.26. The van der Waals surface area contributed by atoms with Crippen LogP contribution in [-0.4, -0.2) is 15.2 Å². The summed E-state index contributed by atoms with van der Waals surface area (Å²) >= 11 is 0. The molecule has 0 aliphatic carbocycles. The molecule has 0 bridgehead atoms. The first-order valence-corrected chi connectivity index (χ1v) is 6.80. The lowest BCUT2D eigenvalue weighted by molar-refractivity contribution is 0.418. The number of phenols is 1. The molecule has 1 heterocycles. The number of hydrogen-bond donors (Lipinski definition) is 1. The summed E-state index contributed by atoms with van der Waals surface area (Å²) < 4.78 is 5.27. The Labute approximate surface area is 123 Å². The topological polar surface area (TPSA) is 59.2 Å². The van der Waals surface area contributed by atoms with Crippen LogP contribution in [0, 0.1) is 13.8 Å². The summed E-state index contributed by atoms with van der Waals surface area (Å²) in [5.41, 5.74) is 3.93. The Morgan fingerprint density at radius 3 is 2.67 bits per heavy atom. The second kappa shape index (κ2) is 5.40. The monoisotopic (exact) mass is 280 g/mol. The number of aromatic hydroxyl groups is 1. The molecule has 0 atom stereocenters. The normalized spacial score (nSPS) is 10.8. The first-order chi connectivity index (χ1) is 10.1. The molecule has 0 aliphatic heterocycles. The third-order valence-corrected chi connectivity index (χ3v) is 3.30. The lowest BCUT2D eigenvalue weighted by Crippen LogP contribution is -1.91. The van der Waals surface area contributed by atoms with Gasteiger partial charge in [-0.3, -0.25) is 0 Å². The van der Waals surface area contributed by atoms with Gasteiger partial charge in [0.1, 0.15) is 5.75 Å². The summed E-state index contributed by atoms with van der Waals surface area (Å²) in [5, 5.41) is 13.9. The predicted molar refractivity (Wildman–Crippen MR) is 80.1 cm³/mol. The van der Waals surface area contributed by atoms with Gasteiger partial charge < -0.3 is 9.63 Å². The second-order valence-electron chi connectivity index (χ2n) is 5.20. The van der Waals surface area contributed by atoms with Crippen molar-refractivity contribution in [1.82, 2.24) is 10.1 Å². The number of aromatic nitrogens is 2. The Morgan fingerprint density at radius 1 is 1.05 bits per heavy atom. The molecule has 0 unspecified atom stereocenters. The van der Waals surface area contributed by atoms with Crippen molar-refractivity contribution >= 4 is 0 Å². The van der Waals surface area contributed by atoms with Gasteiger partial charge in [-0.2, -0.15) is 4.98 Å². The Kier molecular flexibility index (Phi) is 3.44. The van der Waals surface area contributed by atoms with Gasteiger partial charge in [0.15, 0.2) is 5.82 Å². The van der Waals surface area contributed by atoms with Crippen molar-refractivity contribution in [2.24, 2.45) is 0 Å². The van der Waals surface area contributed by atoms with E-state index in [4.69, 9.17) is 4.52 Å². The van der Waals surface area contributed by atoms with E-state index >= 15 is 0 Å². The fraction of sp³-hybridized carbons (Fsp3) is 0.176. The van der Waals surface area contributed by atoms with Crippen LogP contribution in [0.3, 0.4) is 0 Å². The minimum Gasteiger partial charge on any atom is -0.507 e. The van der Waals surface area contributed by atoms with Crippen molar-refractivity contribution in [3.63, 3.8) is 0 Å². The number of hydrogen-bond acceptors (Lipinski definition) is 4. The molecule has 0 aliphatic rings. The van der Waals surface area contributed by atoms with Gasteiger partial charge in [-0.05, 0) is 31.5 Å². The Morgan fingerprint density at radius 2 is 1.86 bits per heavy atom. The lowest BCUT2D eigenvalue weighted by atomic mass is 10.1. The van der Waals surface area contributed by atoms with Gasteiger partial charge in [0, 0.05) is 6.42 Å². The molecule has 0 saturated heterocycles. The standard InChI is InChI=1S/C17H16N2O2/c1-11-4-3-5-13(8-11)10-16-18-17(21-19-16)14-9-12(2)6-7-15(14)20/h3-9,20H,10H2,1-2H3. The van der Waals surface area contributed by atoms with Crippen LogP contribution in [0.15, 0.2) is 47.0 Å². The van der Waals surface area contributed by atoms with Gasteiger partial charge in [0.05, 0.1) is 5.56 Å². The summed E-state index contributed by atoms with van der Waals surface area (Å²) in [7, 11) is 0. The molecule has 21 heavy (non-hydrogen) atoms. The predicted octanol–water partition coefficient (Wildman–Crippen LogP) is 3.65. The number of nitrogens with zero attached hydrogens (tertiary/aromatic N) is 2. The molecule has 0 fully saturated rings. The van der Waals surface area contributed by atoms with Crippen LogP contribution in [0.2, 0.25) is 0 Å². The first-order valence-electron chi connectivity index (χ1n) is 6.80. The number of phenolic OH excluding ortho intramolecular Hbond substituents is 1. The highest BCUT2D eigenvalue weighted by molar-refractivity contribution is 5.63. The third-order valence-electron chi connectivity index (χ3n) is 3.30. The van der Waals surface area contributed by atoms with Crippen LogP contribution in [-0.2, 0) is 6.42 Å². The van der Waals surface area contributed by atoms with E-state index in [9.17, 15) is 5.11 Å². The maximum absolute atomic E-state index is 9.90. The fourth-order valence-electron chi connectivity index (χ4n) is 2.26. The van der Waals surface area contributed by atoms with Crippen LogP contribution < -0.4 is 0 Å². The van der Waals surface area contributed by atoms with Gasteiger partial charge >= 0.3 is 0 Å². The van der Waals surface area contributed by atoms with Crippen molar-refractivity contribution < 1.29 is 9.63 Å². The van der Waals surface area contributed by atoms with E-state index < -0.39 is 0 Å². The molecular formula is C17H16N2O2. The van der Waals surface area contributed by atoms with Crippen molar-refractivity contribution in [3.05, 3.63) is 65.0 Å². The average molecular weight is 280 g/mol. The minimum atomic E-state index is 0.145. The zero-order valence-electron chi connectivity index (χ0n) is 12.0. The summed E-state index contributed by atoms with van der Waals surface area (Å²) in [5.74, 6) is 1.10. The number of benzene rings is 2. The number of aryl methyl sites for hydroxylation is 2. The molecule has 0 amide bonds. The molecule has 1 aromatic heterocycles. The largest absolute Gasteiger partial charge is 0.507 e. The molecule has 1 N–H and O–H groups in total. The van der Waals surface area contributed by atoms with E-state index in [1.165, 1.54) is 5.56 Å². The molecule has 4 heteroatoms. The van der Waals surface area contributed by atoms with E-state index in [-0.39, 0.29) is 5.75 Å². The Balaban J connectivity index is 1.88. The van der Waals surface area contributed by atoms with Crippen molar-refractivity contribution in [2.45, 2.75) is 20.3 Å². The Hall–Kier alpha value is -2.62. The Bertz CT molecular complexity index is 778. The third kappa shape index (κ3) is 2.94. The molecule has 0 radical (unpaired) electrons. The zero-order chi connectivity index (χ0) is 14.8. The van der Waals surface area contributed by atoms with E-state index in [1.54, 1.807) is 6.07 Å². The lowest BCUT2D eigenvalue weighted by Gasteiger charge is -2.00. The summed E-state index contributed by atoms with van der Waals surface area (Å²) in [6.07, 6.45) is 0.609. The maximum Gasteiger partial charge on any atom is 0.261 e. The SMILES string of the molecule is Cc1cccc(Cc2noc(-c3cc(C)ccc3O)n2)c1. The number of rotatable bonds is 3. The minimum absolute atomic E-state index is 0.145. The summed E-state index contributed by atoms with van der Waals surface area (Å²) in [6.45, 7) is 4.00. The molecule has 106 valence electrons. The molecule has 0 spiro atoms. The van der Waals surface area contributed by atoms with Gasteiger partial charge in [-0.15, -0.1) is 0 Å².